The lowest BCUT2D eigenvalue weighted by Crippen LogP contribution is -2.27. The van der Waals surface area contributed by atoms with Gasteiger partial charge in [0, 0.05) is 5.41 Å². The third kappa shape index (κ3) is 1.60. The Hall–Kier alpha value is -0.820. The lowest BCUT2D eigenvalue weighted by Gasteiger charge is -2.28. The van der Waals surface area contributed by atoms with Crippen LogP contribution in [0.25, 0.3) is 0 Å². The van der Waals surface area contributed by atoms with Crippen molar-refractivity contribution in [1.82, 2.24) is 0 Å². The zero-order chi connectivity index (χ0) is 8.32. The molecule has 1 rings (SSSR count). The largest absolute Gasteiger partial charge is 0.388 e. The molecule has 2 unspecified atom stereocenters. The topological polar surface area (TPSA) is 20.2 Å². The highest BCUT2D eigenvalue weighted by Crippen LogP contribution is 2.28. The molecule has 1 aliphatic carbocycles. The van der Waals surface area contributed by atoms with Gasteiger partial charge in [-0.05, 0) is 13.8 Å². The normalized spacial score (nSPS) is 36.8. The molecule has 2 atom stereocenters. The predicted octanol–water partition coefficient (Wildman–Crippen LogP) is 2.06. The van der Waals surface area contributed by atoms with Crippen LogP contribution in [0.15, 0.2) is 36.5 Å². The fourth-order valence-electron chi connectivity index (χ4n) is 1.25. The van der Waals surface area contributed by atoms with E-state index in [1.807, 2.05) is 44.2 Å². The van der Waals surface area contributed by atoms with E-state index in [1.165, 1.54) is 0 Å². The molecular formula is C10H14O. The van der Waals surface area contributed by atoms with Crippen molar-refractivity contribution in [3.8, 4) is 0 Å². The Bertz CT molecular complexity index is 213. The molecule has 11 heavy (non-hydrogen) atoms. The molecule has 0 spiro atoms. The van der Waals surface area contributed by atoms with Crippen molar-refractivity contribution in [2.45, 2.75) is 20.0 Å². The first-order valence-corrected chi connectivity index (χ1v) is 3.87. The van der Waals surface area contributed by atoms with E-state index in [1.54, 1.807) is 6.08 Å². The standard InChI is InChI=1S/C10H14O/c1-3-7-10(2)8-5-4-6-9(10)11/h3-9,11H,1-2H3. The van der Waals surface area contributed by atoms with Crippen LogP contribution in [0.5, 0.6) is 0 Å². The molecule has 0 aromatic rings. The molecule has 1 heteroatoms. The highest BCUT2D eigenvalue weighted by molar-refractivity contribution is 5.25. The minimum Gasteiger partial charge on any atom is -0.388 e. The van der Waals surface area contributed by atoms with Crippen LogP contribution in [-0.4, -0.2) is 11.2 Å². The van der Waals surface area contributed by atoms with E-state index in [0.717, 1.165) is 0 Å². The maximum atomic E-state index is 9.57. The number of allylic oxidation sites excluding steroid dienone is 3. The van der Waals surface area contributed by atoms with Gasteiger partial charge in [-0.2, -0.15) is 0 Å². The molecule has 0 saturated heterocycles. The summed E-state index contributed by atoms with van der Waals surface area (Å²) >= 11 is 0. The lowest BCUT2D eigenvalue weighted by atomic mass is 9.81. The summed E-state index contributed by atoms with van der Waals surface area (Å²) in [6.45, 7) is 3.97. The van der Waals surface area contributed by atoms with E-state index < -0.39 is 0 Å². The molecule has 0 radical (unpaired) electrons. The summed E-state index contributed by atoms with van der Waals surface area (Å²) in [6, 6.07) is 0. The molecule has 0 bridgehead atoms. The molecule has 1 N–H and O–H groups in total. The van der Waals surface area contributed by atoms with Gasteiger partial charge in [-0.1, -0.05) is 36.5 Å². The summed E-state index contributed by atoms with van der Waals surface area (Å²) < 4.78 is 0. The minimum atomic E-state index is -0.385. The highest BCUT2D eigenvalue weighted by atomic mass is 16.3. The van der Waals surface area contributed by atoms with Gasteiger partial charge in [0.1, 0.15) is 0 Å². The van der Waals surface area contributed by atoms with Gasteiger partial charge in [0.05, 0.1) is 6.10 Å². The fourth-order valence-corrected chi connectivity index (χ4v) is 1.25. The van der Waals surface area contributed by atoms with Crippen LogP contribution in [0.3, 0.4) is 0 Å². The van der Waals surface area contributed by atoms with E-state index in [2.05, 4.69) is 0 Å². The quantitative estimate of drug-likeness (QED) is 0.567. The van der Waals surface area contributed by atoms with E-state index >= 15 is 0 Å². The Morgan fingerprint density at radius 1 is 1.45 bits per heavy atom. The Kier molecular flexibility index (Phi) is 2.30. The van der Waals surface area contributed by atoms with E-state index in [-0.39, 0.29) is 11.5 Å². The first-order chi connectivity index (χ1) is 5.19. The van der Waals surface area contributed by atoms with Crippen molar-refractivity contribution < 1.29 is 5.11 Å². The molecule has 1 aliphatic rings. The summed E-state index contributed by atoms with van der Waals surface area (Å²) in [4.78, 5) is 0. The Balaban J connectivity index is 2.85. The molecule has 60 valence electrons. The molecule has 0 aliphatic heterocycles. The van der Waals surface area contributed by atoms with Crippen LogP contribution in [0.1, 0.15) is 13.8 Å². The Morgan fingerprint density at radius 3 is 2.73 bits per heavy atom. The molecular weight excluding hydrogens is 136 g/mol. The second kappa shape index (κ2) is 3.05. The van der Waals surface area contributed by atoms with Crippen molar-refractivity contribution >= 4 is 0 Å². The van der Waals surface area contributed by atoms with Gasteiger partial charge in [-0.3, -0.25) is 0 Å². The second-order valence-electron chi connectivity index (χ2n) is 3.05. The van der Waals surface area contributed by atoms with Crippen molar-refractivity contribution in [1.29, 1.82) is 0 Å². The maximum absolute atomic E-state index is 9.57. The highest BCUT2D eigenvalue weighted by Gasteiger charge is 2.26. The molecule has 1 nitrogen and oxygen atoms in total. The van der Waals surface area contributed by atoms with E-state index in [0.29, 0.717) is 0 Å². The van der Waals surface area contributed by atoms with Crippen LogP contribution in [0.4, 0.5) is 0 Å². The maximum Gasteiger partial charge on any atom is 0.0846 e. The fraction of sp³-hybridized carbons (Fsp3) is 0.400. The van der Waals surface area contributed by atoms with E-state index in [4.69, 9.17) is 0 Å². The number of aliphatic hydroxyl groups is 1. The summed E-state index contributed by atoms with van der Waals surface area (Å²) in [7, 11) is 0. The van der Waals surface area contributed by atoms with Gasteiger partial charge in [0.15, 0.2) is 0 Å². The van der Waals surface area contributed by atoms with Gasteiger partial charge in [0.25, 0.3) is 0 Å². The summed E-state index contributed by atoms with van der Waals surface area (Å²) in [5, 5.41) is 9.57. The minimum absolute atomic E-state index is 0.205. The van der Waals surface area contributed by atoms with Gasteiger partial charge < -0.3 is 5.11 Å². The molecule has 0 heterocycles. The number of rotatable bonds is 1. The Labute approximate surface area is 67.7 Å². The van der Waals surface area contributed by atoms with Crippen LogP contribution < -0.4 is 0 Å². The van der Waals surface area contributed by atoms with Crippen LogP contribution in [0.2, 0.25) is 0 Å². The average Bonchev–Trinajstić information content (AvgIpc) is 1.96. The van der Waals surface area contributed by atoms with Gasteiger partial charge in [0.2, 0.25) is 0 Å². The van der Waals surface area contributed by atoms with Crippen LogP contribution in [-0.2, 0) is 0 Å². The molecule has 0 aromatic carbocycles. The lowest BCUT2D eigenvalue weighted by molar-refractivity contribution is 0.142. The summed E-state index contributed by atoms with van der Waals surface area (Å²) in [6.07, 6.45) is 11.2. The molecule has 0 fully saturated rings. The van der Waals surface area contributed by atoms with Crippen LogP contribution >= 0.6 is 0 Å². The number of hydrogen-bond donors (Lipinski definition) is 1. The number of aliphatic hydroxyl groups excluding tert-OH is 1. The second-order valence-corrected chi connectivity index (χ2v) is 3.05. The van der Waals surface area contributed by atoms with Crippen molar-refractivity contribution in [2.24, 2.45) is 5.41 Å². The predicted molar refractivity (Wildman–Crippen MR) is 47.2 cm³/mol. The molecule has 0 aromatic heterocycles. The zero-order valence-electron chi connectivity index (χ0n) is 6.99. The first-order valence-electron chi connectivity index (χ1n) is 3.87. The van der Waals surface area contributed by atoms with Gasteiger partial charge >= 0.3 is 0 Å². The van der Waals surface area contributed by atoms with Crippen molar-refractivity contribution in [3.63, 3.8) is 0 Å². The third-order valence-electron chi connectivity index (χ3n) is 2.02. The summed E-state index contributed by atoms with van der Waals surface area (Å²) in [5.41, 5.74) is -0.205. The van der Waals surface area contributed by atoms with Crippen molar-refractivity contribution in [2.75, 3.05) is 0 Å². The number of hydrogen-bond acceptors (Lipinski definition) is 1. The Morgan fingerprint density at radius 2 is 2.18 bits per heavy atom. The van der Waals surface area contributed by atoms with Gasteiger partial charge in [-0.25, -0.2) is 0 Å². The smallest absolute Gasteiger partial charge is 0.0846 e. The van der Waals surface area contributed by atoms with Crippen molar-refractivity contribution in [3.05, 3.63) is 36.5 Å². The average molecular weight is 150 g/mol. The van der Waals surface area contributed by atoms with E-state index in [9.17, 15) is 5.11 Å². The SMILES string of the molecule is CC=CC1(C)C=CC=CC1O. The monoisotopic (exact) mass is 150 g/mol. The third-order valence-corrected chi connectivity index (χ3v) is 2.02. The van der Waals surface area contributed by atoms with Gasteiger partial charge in [-0.15, -0.1) is 0 Å². The zero-order valence-corrected chi connectivity index (χ0v) is 6.99. The summed E-state index contributed by atoms with van der Waals surface area (Å²) in [5.74, 6) is 0. The molecule has 0 amide bonds. The first kappa shape index (κ1) is 8.28. The van der Waals surface area contributed by atoms with Crippen LogP contribution in [0, 0.1) is 5.41 Å². The molecule has 0 saturated carbocycles.